The summed E-state index contributed by atoms with van der Waals surface area (Å²) in [6, 6.07) is 18.4. The smallest absolute Gasteiger partial charge is 0.314 e. The fourth-order valence-corrected chi connectivity index (χ4v) is 3.10. The molecule has 0 heterocycles. The topological polar surface area (TPSA) is 90.7 Å². The van der Waals surface area contributed by atoms with Crippen molar-refractivity contribution in [2.75, 3.05) is 0 Å². The number of esters is 1. The third-order valence-electron chi connectivity index (χ3n) is 4.15. The maximum atomic E-state index is 12.6. The molecule has 0 radical (unpaired) electrons. The Hall–Kier alpha value is -3.05. The molecule has 6 heteroatoms. The molecule has 1 atom stereocenters. The fourth-order valence-electron chi connectivity index (χ4n) is 2.87. The van der Waals surface area contributed by atoms with Crippen molar-refractivity contribution in [1.29, 1.82) is 0 Å². The minimum absolute atomic E-state index is 0.00535. The van der Waals surface area contributed by atoms with Crippen LogP contribution in [0, 0.1) is 5.92 Å². The average molecular weight is 382 g/mol. The summed E-state index contributed by atoms with van der Waals surface area (Å²) in [6.45, 7) is 1.83. The van der Waals surface area contributed by atoms with Crippen molar-refractivity contribution in [3.8, 4) is 5.75 Å². The molecule has 0 saturated heterocycles. The molecule has 138 valence electrons. The van der Waals surface area contributed by atoms with E-state index in [-0.39, 0.29) is 17.8 Å². The predicted molar refractivity (Wildman–Crippen MR) is 109 cm³/mol. The van der Waals surface area contributed by atoms with Crippen molar-refractivity contribution in [2.24, 2.45) is 22.4 Å². The van der Waals surface area contributed by atoms with E-state index >= 15 is 0 Å². The summed E-state index contributed by atoms with van der Waals surface area (Å²) in [4.78, 5) is 16.6. The number of aliphatic imine (C=N–C) groups is 1. The van der Waals surface area contributed by atoms with Gasteiger partial charge < -0.3 is 16.2 Å². The molecule has 0 spiro atoms. The zero-order chi connectivity index (χ0) is 19.4. The third kappa shape index (κ3) is 4.57. The van der Waals surface area contributed by atoms with Crippen molar-refractivity contribution in [1.82, 2.24) is 0 Å². The molecule has 27 heavy (non-hydrogen) atoms. The van der Waals surface area contributed by atoms with Crippen LogP contribution in [0.2, 0.25) is 5.02 Å². The molecule has 0 aromatic heterocycles. The summed E-state index contributed by atoms with van der Waals surface area (Å²) in [5, 5.41) is 2.28. The second-order valence-corrected chi connectivity index (χ2v) is 6.73. The minimum Gasteiger partial charge on any atom is -0.426 e. The molecule has 3 aromatic rings. The first-order valence-electron chi connectivity index (χ1n) is 8.51. The molecule has 0 aliphatic rings. The fraction of sp³-hybridized carbons (Fsp3) is 0.143. The normalized spacial score (nSPS) is 11.8. The monoisotopic (exact) mass is 381 g/mol. The number of halogens is 1. The molecular weight excluding hydrogens is 362 g/mol. The SMILES string of the molecule is CC(Cc1cccc(N=C(N)N)c1)C(=O)Oc1ccc(Cl)c2ccccc12. The van der Waals surface area contributed by atoms with Gasteiger partial charge >= 0.3 is 5.97 Å². The van der Waals surface area contributed by atoms with Gasteiger partial charge in [-0.25, -0.2) is 4.99 Å². The zero-order valence-corrected chi connectivity index (χ0v) is 15.6. The Morgan fingerprint density at radius 1 is 1.07 bits per heavy atom. The highest BCUT2D eigenvalue weighted by Crippen LogP contribution is 2.31. The van der Waals surface area contributed by atoms with E-state index in [4.69, 9.17) is 27.8 Å². The lowest BCUT2D eigenvalue weighted by atomic mass is 10.0. The van der Waals surface area contributed by atoms with Crippen LogP contribution < -0.4 is 16.2 Å². The number of hydrogen-bond acceptors (Lipinski definition) is 3. The number of hydrogen-bond donors (Lipinski definition) is 2. The van der Waals surface area contributed by atoms with Crippen LogP contribution >= 0.6 is 11.6 Å². The van der Waals surface area contributed by atoms with E-state index in [1.165, 1.54) is 0 Å². The number of guanidine groups is 1. The van der Waals surface area contributed by atoms with E-state index in [1.807, 2.05) is 49.4 Å². The first-order chi connectivity index (χ1) is 12.9. The van der Waals surface area contributed by atoms with Crippen LogP contribution in [0.25, 0.3) is 10.8 Å². The average Bonchev–Trinajstić information content (AvgIpc) is 2.64. The van der Waals surface area contributed by atoms with Gasteiger partial charge in [0.05, 0.1) is 11.6 Å². The number of carbonyl (C=O) groups excluding carboxylic acids is 1. The highest BCUT2D eigenvalue weighted by atomic mass is 35.5. The number of nitrogens with zero attached hydrogens (tertiary/aromatic N) is 1. The maximum Gasteiger partial charge on any atom is 0.314 e. The molecule has 1 unspecified atom stereocenters. The standard InChI is InChI=1S/C21H20ClN3O2/c1-13(11-14-5-4-6-15(12-14)25-21(23)24)20(26)27-19-10-9-18(22)16-7-2-3-8-17(16)19/h2-10,12-13H,11H2,1H3,(H4,23,24,25). The summed E-state index contributed by atoms with van der Waals surface area (Å²) in [6.07, 6.45) is 0.512. The summed E-state index contributed by atoms with van der Waals surface area (Å²) in [5.41, 5.74) is 12.4. The van der Waals surface area contributed by atoms with Crippen molar-refractivity contribution >= 4 is 40.0 Å². The van der Waals surface area contributed by atoms with Crippen molar-refractivity contribution < 1.29 is 9.53 Å². The number of nitrogens with two attached hydrogens (primary N) is 2. The summed E-state index contributed by atoms with van der Waals surface area (Å²) in [7, 11) is 0. The Kier molecular flexibility index (Phi) is 5.62. The van der Waals surface area contributed by atoms with E-state index < -0.39 is 0 Å². The van der Waals surface area contributed by atoms with E-state index in [1.54, 1.807) is 18.2 Å². The van der Waals surface area contributed by atoms with Crippen LogP contribution in [0.5, 0.6) is 5.75 Å². The molecule has 3 aromatic carbocycles. The van der Waals surface area contributed by atoms with Gasteiger partial charge in [0.25, 0.3) is 0 Å². The van der Waals surface area contributed by atoms with Gasteiger partial charge in [-0.05, 0) is 36.2 Å². The highest BCUT2D eigenvalue weighted by Gasteiger charge is 2.18. The Balaban J connectivity index is 1.76. The predicted octanol–water partition coefficient (Wildman–Crippen LogP) is 4.18. The van der Waals surface area contributed by atoms with Gasteiger partial charge in [0.15, 0.2) is 5.96 Å². The lowest BCUT2D eigenvalue weighted by Gasteiger charge is -2.13. The van der Waals surface area contributed by atoms with Crippen LogP contribution in [0.3, 0.4) is 0 Å². The molecule has 0 bridgehead atoms. The molecule has 4 N–H and O–H groups in total. The molecule has 3 rings (SSSR count). The molecule has 0 aliphatic carbocycles. The summed E-state index contributed by atoms with van der Waals surface area (Å²) >= 11 is 6.22. The van der Waals surface area contributed by atoms with Crippen LogP contribution in [-0.2, 0) is 11.2 Å². The number of ether oxygens (including phenoxy) is 1. The van der Waals surface area contributed by atoms with Gasteiger partial charge in [0, 0.05) is 15.8 Å². The van der Waals surface area contributed by atoms with Crippen LogP contribution in [0.4, 0.5) is 5.69 Å². The molecule has 0 amide bonds. The van der Waals surface area contributed by atoms with E-state index in [9.17, 15) is 4.79 Å². The number of rotatable bonds is 5. The quantitative estimate of drug-likeness (QED) is 0.300. The number of fused-ring (bicyclic) bond motifs is 1. The molecule has 0 aliphatic heterocycles. The Morgan fingerprint density at radius 3 is 2.56 bits per heavy atom. The largest absolute Gasteiger partial charge is 0.426 e. The van der Waals surface area contributed by atoms with Gasteiger partial charge in [-0.3, -0.25) is 4.79 Å². The minimum atomic E-state index is -0.339. The second-order valence-electron chi connectivity index (χ2n) is 6.32. The molecule has 0 saturated carbocycles. The summed E-state index contributed by atoms with van der Waals surface area (Å²) < 4.78 is 5.65. The first-order valence-corrected chi connectivity index (χ1v) is 8.89. The van der Waals surface area contributed by atoms with Gasteiger partial charge in [-0.1, -0.05) is 54.9 Å². The lowest BCUT2D eigenvalue weighted by molar-refractivity contribution is -0.138. The van der Waals surface area contributed by atoms with Gasteiger partial charge in [-0.15, -0.1) is 0 Å². The molecular formula is C21H20ClN3O2. The van der Waals surface area contributed by atoms with Crippen LogP contribution in [0.1, 0.15) is 12.5 Å². The van der Waals surface area contributed by atoms with E-state index in [2.05, 4.69) is 4.99 Å². The number of benzene rings is 3. The zero-order valence-electron chi connectivity index (χ0n) is 14.9. The van der Waals surface area contributed by atoms with Gasteiger partial charge in [0.2, 0.25) is 0 Å². The first kappa shape index (κ1) is 18.7. The van der Waals surface area contributed by atoms with E-state index in [0.29, 0.717) is 22.9 Å². The Labute approximate surface area is 162 Å². The van der Waals surface area contributed by atoms with Crippen molar-refractivity contribution in [3.05, 3.63) is 71.2 Å². The van der Waals surface area contributed by atoms with Crippen LogP contribution in [0.15, 0.2) is 65.7 Å². The third-order valence-corrected chi connectivity index (χ3v) is 4.48. The molecule has 0 fully saturated rings. The molecule has 5 nitrogen and oxygen atoms in total. The highest BCUT2D eigenvalue weighted by molar-refractivity contribution is 6.35. The summed E-state index contributed by atoms with van der Waals surface area (Å²) in [5.74, 6) is -0.154. The van der Waals surface area contributed by atoms with Crippen LogP contribution in [-0.4, -0.2) is 11.9 Å². The lowest BCUT2D eigenvalue weighted by Crippen LogP contribution is -2.22. The van der Waals surface area contributed by atoms with Gasteiger partial charge in [0.1, 0.15) is 5.75 Å². The van der Waals surface area contributed by atoms with Crippen molar-refractivity contribution in [2.45, 2.75) is 13.3 Å². The van der Waals surface area contributed by atoms with Gasteiger partial charge in [-0.2, -0.15) is 0 Å². The van der Waals surface area contributed by atoms with E-state index in [0.717, 1.165) is 16.3 Å². The Morgan fingerprint density at radius 2 is 1.81 bits per heavy atom. The number of carbonyl (C=O) groups is 1. The second kappa shape index (κ2) is 8.10. The maximum absolute atomic E-state index is 12.6. The van der Waals surface area contributed by atoms with Crippen molar-refractivity contribution in [3.63, 3.8) is 0 Å². The Bertz CT molecular complexity index is 1010.